The molecule has 0 N–H and O–H groups in total. The van der Waals surface area contributed by atoms with E-state index in [1.807, 2.05) is 33.8 Å². The van der Waals surface area contributed by atoms with Crippen molar-refractivity contribution in [1.29, 1.82) is 0 Å². The highest BCUT2D eigenvalue weighted by atomic mass is 13.5. The minimum Gasteiger partial charge on any atom is -0.120 e. The first-order valence-electron chi connectivity index (χ1n) is 6.46. The van der Waals surface area contributed by atoms with Gasteiger partial charge in [-0.15, -0.1) is 49.7 Å². The molecule has 0 bridgehead atoms. The molecule has 0 aliphatic rings. The van der Waals surface area contributed by atoms with Crippen LogP contribution in [0.15, 0.2) is 25.3 Å². The van der Waals surface area contributed by atoms with Gasteiger partial charge in [-0.05, 0) is 27.2 Å². The lowest BCUT2D eigenvalue weighted by Crippen LogP contribution is -1.45. The Labute approximate surface area is 123 Å². The van der Waals surface area contributed by atoms with E-state index in [0.717, 1.165) is 19.3 Å². The Bertz CT molecular complexity index is 257. The van der Waals surface area contributed by atoms with E-state index in [2.05, 4.69) is 50.2 Å². The number of allylic oxidation sites excluding steroid dienone is 2. The van der Waals surface area contributed by atoms with Crippen molar-refractivity contribution < 1.29 is 0 Å². The summed E-state index contributed by atoms with van der Waals surface area (Å²) < 4.78 is 0. The van der Waals surface area contributed by atoms with Gasteiger partial charge in [0.15, 0.2) is 0 Å². The predicted molar refractivity (Wildman–Crippen MR) is 93.7 cm³/mol. The Morgan fingerprint density at radius 2 is 1.26 bits per heavy atom. The van der Waals surface area contributed by atoms with Crippen LogP contribution in [0.4, 0.5) is 0 Å². The van der Waals surface area contributed by atoms with Crippen molar-refractivity contribution in [1.82, 2.24) is 0 Å². The second-order valence-corrected chi connectivity index (χ2v) is 2.73. The minimum atomic E-state index is 0.847. The largest absolute Gasteiger partial charge is 0.120 e. The van der Waals surface area contributed by atoms with Gasteiger partial charge in [0.2, 0.25) is 0 Å². The molecule has 0 heterocycles. The van der Waals surface area contributed by atoms with E-state index in [1.54, 1.807) is 13.0 Å². The smallest absolute Gasteiger partial charge is 0.00601 e. The van der Waals surface area contributed by atoms with E-state index >= 15 is 0 Å². The molecule has 0 rings (SSSR count). The summed E-state index contributed by atoms with van der Waals surface area (Å²) in [5, 5.41) is 0. The second kappa shape index (κ2) is 72.4. The first-order chi connectivity index (χ1) is 9.07. The summed E-state index contributed by atoms with van der Waals surface area (Å²) in [4.78, 5) is 0. The normalized spacial score (nSPS) is 4.84. The van der Waals surface area contributed by atoms with Crippen LogP contribution in [-0.4, -0.2) is 0 Å². The zero-order chi connectivity index (χ0) is 16.4. The summed E-state index contributed by atoms with van der Waals surface area (Å²) in [6.07, 6.45) is 15.9. The van der Waals surface area contributed by atoms with Gasteiger partial charge in [0.25, 0.3) is 0 Å². The van der Waals surface area contributed by atoms with Gasteiger partial charge < -0.3 is 0 Å². The Kier molecular flexibility index (Phi) is 116. The molecule has 0 nitrogen and oxygen atoms in total. The molecule has 108 valence electrons. The Morgan fingerprint density at radius 3 is 1.26 bits per heavy atom. The first-order valence-corrected chi connectivity index (χ1v) is 6.46. The van der Waals surface area contributed by atoms with Crippen LogP contribution in [0.5, 0.6) is 0 Å². The quantitative estimate of drug-likeness (QED) is 0.409. The number of rotatable bonds is 1. The Hall–Kier alpha value is -1.84. The van der Waals surface area contributed by atoms with Crippen molar-refractivity contribution in [2.45, 2.75) is 60.8 Å². The van der Waals surface area contributed by atoms with E-state index in [1.165, 1.54) is 0 Å². The lowest BCUT2D eigenvalue weighted by atomic mass is 10.5. The molecule has 0 spiro atoms. The van der Waals surface area contributed by atoms with Gasteiger partial charge in [-0.1, -0.05) is 32.9 Å². The zero-order valence-electron chi connectivity index (χ0n) is 13.8. The van der Waals surface area contributed by atoms with Crippen LogP contribution in [0.1, 0.15) is 60.8 Å². The third-order valence-electron chi connectivity index (χ3n) is 0.846. The maximum atomic E-state index is 4.78. The Balaban J connectivity index is -0.0000000437. The van der Waals surface area contributed by atoms with Crippen LogP contribution >= 0.6 is 0 Å². The molecule has 0 heteroatoms. The number of terminal acetylenes is 2. The fourth-order valence-corrected chi connectivity index (χ4v) is 0.177. The third kappa shape index (κ3) is 694. The average molecular weight is 260 g/mol. The predicted octanol–water partition coefficient (Wildman–Crippen LogP) is 5.86. The number of hydrogen-bond acceptors (Lipinski definition) is 0. The van der Waals surface area contributed by atoms with Crippen LogP contribution < -0.4 is 0 Å². The lowest BCUT2D eigenvalue weighted by molar-refractivity contribution is 1.23. The summed E-state index contributed by atoms with van der Waals surface area (Å²) in [6, 6.07) is 0. The second-order valence-electron chi connectivity index (χ2n) is 2.73. The molecule has 19 heavy (non-hydrogen) atoms. The highest BCUT2D eigenvalue weighted by Crippen LogP contribution is 1.66. The standard InChI is InChI=1S/C5H8.C4H8.C4H6.C3H6.C3H4/c1-3-5-4-2;2*1-3-4-2;2*1-3-2/h3H2,1-2H3;3H,1,4H2,2H3;1H,4H2,2H3;3H,1H2,2H3;1H,2H3. The molecule has 0 aromatic rings. The van der Waals surface area contributed by atoms with E-state index in [4.69, 9.17) is 6.42 Å². The van der Waals surface area contributed by atoms with Gasteiger partial charge in [0, 0.05) is 12.8 Å². The van der Waals surface area contributed by atoms with Crippen molar-refractivity contribution in [3.05, 3.63) is 25.3 Å². The molecule has 0 aromatic heterocycles. The van der Waals surface area contributed by atoms with Crippen molar-refractivity contribution in [2.24, 2.45) is 0 Å². The fourth-order valence-electron chi connectivity index (χ4n) is 0.177. The van der Waals surface area contributed by atoms with E-state index in [0.29, 0.717) is 0 Å². The van der Waals surface area contributed by atoms with Crippen molar-refractivity contribution in [2.75, 3.05) is 0 Å². The van der Waals surface area contributed by atoms with Gasteiger partial charge in [0.1, 0.15) is 0 Å². The lowest BCUT2D eigenvalue weighted by Gasteiger charge is -1.58. The van der Waals surface area contributed by atoms with Crippen LogP contribution in [0.25, 0.3) is 0 Å². The molecule has 0 unspecified atom stereocenters. The average Bonchev–Trinajstić information content (AvgIpc) is 2.42. The molecule has 0 atom stereocenters. The molecule has 0 saturated heterocycles. The summed E-state index contributed by atoms with van der Waals surface area (Å²) >= 11 is 0. The number of hydrogen-bond donors (Lipinski definition) is 0. The molecule has 0 fully saturated rings. The third-order valence-corrected chi connectivity index (χ3v) is 0.846. The maximum Gasteiger partial charge on any atom is 0.00601 e. The summed E-state index contributed by atoms with van der Waals surface area (Å²) in [7, 11) is 0. The van der Waals surface area contributed by atoms with Crippen molar-refractivity contribution in [3.63, 3.8) is 0 Å². The minimum absolute atomic E-state index is 0.847. The van der Waals surface area contributed by atoms with Crippen molar-refractivity contribution in [3.8, 4) is 36.5 Å². The highest BCUT2D eigenvalue weighted by Gasteiger charge is 1.48. The monoisotopic (exact) mass is 260 g/mol. The van der Waals surface area contributed by atoms with E-state index < -0.39 is 0 Å². The highest BCUT2D eigenvalue weighted by molar-refractivity contribution is 4.92. The fraction of sp³-hybridized carbons (Fsp3) is 0.474. The maximum absolute atomic E-state index is 4.78. The van der Waals surface area contributed by atoms with Crippen molar-refractivity contribution >= 4 is 0 Å². The summed E-state index contributed by atoms with van der Waals surface area (Å²) in [5.74, 6) is 10.3. The molecule has 0 radical (unpaired) electrons. The molecule has 0 saturated carbocycles. The molecule has 0 aromatic carbocycles. The SMILES string of the molecule is C#CC.C#CCC.C=CC.C=CCC.CC#CCC. The molecular formula is C19H32. The molecule has 0 amide bonds. The molecular weight excluding hydrogens is 228 g/mol. The van der Waals surface area contributed by atoms with Gasteiger partial charge in [-0.25, -0.2) is 0 Å². The van der Waals surface area contributed by atoms with Crippen LogP contribution in [0, 0.1) is 36.5 Å². The van der Waals surface area contributed by atoms with Gasteiger partial charge >= 0.3 is 0 Å². The van der Waals surface area contributed by atoms with Gasteiger partial charge in [0.05, 0.1) is 0 Å². The summed E-state index contributed by atoms with van der Waals surface area (Å²) in [6.45, 7) is 18.3. The zero-order valence-corrected chi connectivity index (χ0v) is 13.8. The Morgan fingerprint density at radius 1 is 1.00 bits per heavy atom. The van der Waals surface area contributed by atoms with Crippen LogP contribution in [-0.2, 0) is 0 Å². The van der Waals surface area contributed by atoms with E-state index in [-0.39, 0.29) is 0 Å². The van der Waals surface area contributed by atoms with Gasteiger partial charge in [-0.3, -0.25) is 0 Å². The topological polar surface area (TPSA) is 0 Å². The van der Waals surface area contributed by atoms with E-state index in [9.17, 15) is 0 Å². The molecule has 0 aliphatic heterocycles. The van der Waals surface area contributed by atoms with Crippen LogP contribution in [0.3, 0.4) is 0 Å². The van der Waals surface area contributed by atoms with Gasteiger partial charge in [-0.2, -0.15) is 0 Å². The van der Waals surface area contributed by atoms with Crippen LogP contribution in [0.2, 0.25) is 0 Å². The summed E-state index contributed by atoms with van der Waals surface area (Å²) in [5.41, 5.74) is 0. The first kappa shape index (κ1) is 30.3. The molecule has 0 aliphatic carbocycles.